The lowest BCUT2D eigenvalue weighted by molar-refractivity contribution is -0.145. The minimum atomic E-state index is -0.920. The van der Waals surface area contributed by atoms with E-state index in [4.69, 9.17) is 14.2 Å². The third-order valence-electron chi connectivity index (χ3n) is 6.47. The van der Waals surface area contributed by atoms with Crippen LogP contribution in [0.4, 0.5) is 5.95 Å². The highest BCUT2D eigenvalue weighted by Crippen LogP contribution is 2.34. The average Bonchev–Trinajstić information content (AvgIpc) is 2.83. The number of rotatable bonds is 7. The Hall–Kier alpha value is -2.75. The first-order chi connectivity index (χ1) is 16.7. The van der Waals surface area contributed by atoms with E-state index >= 15 is 0 Å². The molecule has 1 N–H and O–H groups in total. The van der Waals surface area contributed by atoms with E-state index in [1.807, 2.05) is 24.0 Å². The Balaban J connectivity index is 1.41. The number of carbonyl (C=O) groups excluding carboxylic acids is 1. The third-order valence-corrected chi connectivity index (χ3v) is 6.47. The number of carbonyl (C=O) groups is 1. The van der Waals surface area contributed by atoms with Crippen LogP contribution in [-0.4, -0.2) is 89.7 Å². The van der Waals surface area contributed by atoms with Crippen molar-refractivity contribution in [2.75, 3.05) is 51.4 Å². The molecule has 2 fully saturated rings. The number of aromatic nitrogens is 2. The maximum atomic E-state index is 13.3. The van der Waals surface area contributed by atoms with Gasteiger partial charge in [0.1, 0.15) is 12.4 Å². The first-order valence-electron chi connectivity index (χ1n) is 12.1. The zero-order valence-electron chi connectivity index (χ0n) is 21.1. The van der Waals surface area contributed by atoms with Crippen LogP contribution < -0.4 is 9.64 Å². The number of ether oxygens (including phenoxy) is 3. The molecule has 1 spiro atoms. The smallest absolute Gasteiger partial charge is 0.253 e. The van der Waals surface area contributed by atoms with E-state index in [0.29, 0.717) is 50.0 Å². The summed E-state index contributed by atoms with van der Waals surface area (Å²) in [5.74, 6) is 1.37. The molecule has 1 amide bonds. The first kappa shape index (κ1) is 25.3. The van der Waals surface area contributed by atoms with Gasteiger partial charge in [0.2, 0.25) is 5.95 Å². The summed E-state index contributed by atoms with van der Waals surface area (Å²) in [7, 11) is 1.68. The van der Waals surface area contributed by atoms with Crippen molar-refractivity contribution in [2.45, 2.75) is 50.9 Å². The second-order valence-corrected chi connectivity index (χ2v) is 10.2. The summed E-state index contributed by atoms with van der Waals surface area (Å²) in [6, 6.07) is 7.26. The average molecular weight is 485 g/mol. The molecule has 2 saturated heterocycles. The molecule has 9 nitrogen and oxygen atoms in total. The molecule has 1 unspecified atom stereocenters. The van der Waals surface area contributed by atoms with Crippen LogP contribution in [0.15, 0.2) is 36.7 Å². The number of hydrogen-bond donors (Lipinski definition) is 1. The van der Waals surface area contributed by atoms with Crippen LogP contribution in [0.1, 0.15) is 42.6 Å². The van der Waals surface area contributed by atoms with Crippen molar-refractivity contribution in [2.24, 2.45) is 0 Å². The predicted octanol–water partition coefficient (Wildman–Crippen LogP) is 2.46. The topological polar surface area (TPSA) is 97.3 Å². The standard InChI is InChI=1S/C26H36N4O5/c1-19-14-20(6-7-22(19)34-18-25(2,3)32)23(31)29-12-8-26(9-13-29)17-30(15-21(35-26)16-33-4)24-27-10-5-11-28-24/h5-7,10-11,14,21,32H,8-9,12-13,15-18H2,1-4H3. The largest absolute Gasteiger partial charge is 0.490 e. The van der Waals surface area contributed by atoms with Gasteiger partial charge in [-0.15, -0.1) is 0 Å². The van der Waals surface area contributed by atoms with Gasteiger partial charge in [-0.05, 0) is 63.4 Å². The fourth-order valence-electron chi connectivity index (χ4n) is 4.74. The number of hydrogen-bond acceptors (Lipinski definition) is 8. The molecular formula is C26H36N4O5. The fourth-order valence-corrected chi connectivity index (χ4v) is 4.74. The summed E-state index contributed by atoms with van der Waals surface area (Å²) < 4.78 is 17.6. The highest BCUT2D eigenvalue weighted by molar-refractivity contribution is 5.94. The molecule has 2 aliphatic heterocycles. The number of aryl methyl sites for hydroxylation is 1. The first-order valence-corrected chi connectivity index (χ1v) is 12.1. The molecule has 9 heteroatoms. The van der Waals surface area contributed by atoms with Gasteiger partial charge in [-0.1, -0.05) is 0 Å². The molecule has 0 aliphatic carbocycles. The summed E-state index contributed by atoms with van der Waals surface area (Å²) in [6.07, 6.45) is 4.88. The van der Waals surface area contributed by atoms with Crippen LogP contribution in [-0.2, 0) is 9.47 Å². The van der Waals surface area contributed by atoms with E-state index in [0.717, 1.165) is 18.4 Å². The molecule has 0 bridgehead atoms. The molecule has 4 rings (SSSR count). The number of nitrogens with zero attached hydrogens (tertiary/aromatic N) is 4. The zero-order valence-corrected chi connectivity index (χ0v) is 21.1. The van der Waals surface area contributed by atoms with Crippen LogP contribution in [0.25, 0.3) is 0 Å². The van der Waals surface area contributed by atoms with E-state index in [1.165, 1.54) is 0 Å². The molecule has 35 heavy (non-hydrogen) atoms. The predicted molar refractivity (Wildman–Crippen MR) is 132 cm³/mol. The number of anilines is 1. The van der Waals surface area contributed by atoms with Crippen molar-refractivity contribution in [3.63, 3.8) is 0 Å². The molecule has 0 radical (unpaired) electrons. The highest BCUT2D eigenvalue weighted by Gasteiger charge is 2.44. The molecule has 1 aromatic heterocycles. The molecule has 0 saturated carbocycles. The van der Waals surface area contributed by atoms with Crippen molar-refractivity contribution in [1.82, 2.24) is 14.9 Å². The SMILES string of the molecule is COCC1CN(c2ncccn2)CC2(CCN(C(=O)c3ccc(OCC(C)(C)O)c(C)c3)CC2)O1. The Kier molecular flexibility index (Phi) is 7.59. The monoisotopic (exact) mass is 484 g/mol. The van der Waals surface area contributed by atoms with Crippen LogP contribution in [0.3, 0.4) is 0 Å². The van der Waals surface area contributed by atoms with E-state index in [-0.39, 0.29) is 24.2 Å². The van der Waals surface area contributed by atoms with Gasteiger partial charge in [0.15, 0.2) is 0 Å². The van der Waals surface area contributed by atoms with Crippen molar-refractivity contribution in [1.29, 1.82) is 0 Å². The van der Waals surface area contributed by atoms with Crippen molar-refractivity contribution >= 4 is 11.9 Å². The fraction of sp³-hybridized carbons (Fsp3) is 0.577. The summed E-state index contributed by atoms with van der Waals surface area (Å²) >= 11 is 0. The van der Waals surface area contributed by atoms with Gasteiger partial charge in [-0.3, -0.25) is 4.79 Å². The normalized spacial score (nSPS) is 20.2. The number of piperidine rings is 1. The van der Waals surface area contributed by atoms with Crippen LogP contribution in [0.2, 0.25) is 0 Å². The maximum absolute atomic E-state index is 13.3. The Bertz CT molecular complexity index is 1000. The number of amides is 1. The van der Waals surface area contributed by atoms with Crippen molar-refractivity contribution in [3.8, 4) is 5.75 Å². The highest BCUT2D eigenvalue weighted by atomic mass is 16.5. The van der Waals surface area contributed by atoms with E-state index in [9.17, 15) is 9.90 Å². The minimum Gasteiger partial charge on any atom is -0.490 e. The van der Waals surface area contributed by atoms with Gasteiger partial charge < -0.3 is 29.1 Å². The Morgan fingerprint density at radius 2 is 1.97 bits per heavy atom. The van der Waals surface area contributed by atoms with Crippen molar-refractivity contribution < 1.29 is 24.1 Å². The summed E-state index contributed by atoms with van der Waals surface area (Å²) in [4.78, 5) is 26.2. The molecule has 2 aliphatic rings. The Morgan fingerprint density at radius 1 is 1.26 bits per heavy atom. The van der Waals surface area contributed by atoms with Crippen LogP contribution in [0.5, 0.6) is 5.75 Å². The van der Waals surface area contributed by atoms with E-state index < -0.39 is 5.60 Å². The van der Waals surface area contributed by atoms with Gasteiger partial charge in [0.25, 0.3) is 5.91 Å². The van der Waals surface area contributed by atoms with Gasteiger partial charge in [0.05, 0.1) is 30.5 Å². The van der Waals surface area contributed by atoms with Crippen molar-refractivity contribution in [3.05, 3.63) is 47.8 Å². The quantitative estimate of drug-likeness (QED) is 0.640. The lowest BCUT2D eigenvalue weighted by Crippen LogP contribution is -2.61. The zero-order chi connectivity index (χ0) is 25.1. The van der Waals surface area contributed by atoms with Crippen LogP contribution in [0, 0.1) is 6.92 Å². The summed E-state index contributed by atoms with van der Waals surface area (Å²) in [6.45, 7) is 8.56. The van der Waals surface area contributed by atoms with Gasteiger partial charge >= 0.3 is 0 Å². The Morgan fingerprint density at radius 3 is 2.60 bits per heavy atom. The maximum Gasteiger partial charge on any atom is 0.253 e. The third kappa shape index (κ3) is 6.28. The molecule has 1 aromatic carbocycles. The molecule has 190 valence electrons. The Labute approximate surface area is 207 Å². The molecule has 1 atom stereocenters. The van der Waals surface area contributed by atoms with Gasteiger partial charge in [-0.25, -0.2) is 9.97 Å². The molecular weight excluding hydrogens is 448 g/mol. The van der Waals surface area contributed by atoms with E-state index in [2.05, 4.69) is 14.9 Å². The van der Waals surface area contributed by atoms with Crippen LogP contribution >= 0.6 is 0 Å². The second kappa shape index (κ2) is 10.5. The second-order valence-electron chi connectivity index (χ2n) is 10.2. The lowest BCUT2D eigenvalue weighted by Gasteiger charge is -2.49. The number of methoxy groups -OCH3 is 1. The number of likely N-dealkylation sites (tertiary alicyclic amines) is 1. The summed E-state index contributed by atoms with van der Waals surface area (Å²) in [5.41, 5.74) is 0.207. The molecule has 2 aromatic rings. The summed E-state index contributed by atoms with van der Waals surface area (Å²) in [5, 5.41) is 9.90. The molecule has 3 heterocycles. The lowest BCUT2D eigenvalue weighted by atomic mass is 9.88. The van der Waals surface area contributed by atoms with E-state index in [1.54, 1.807) is 45.5 Å². The van der Waals surface area contributed by atoms with Gasteiger partial charge in [-0.2, -0.15) is 0 Å². The number of morpholine rings is 1. The number of benzene rings is 1. The minimum absolute atomic E-state index is 0.00416. The number of aliphatic hydroxyl groups is 1. The van der Waals surface area contributed by atoms with Gasteiger partial charge in [0, 0.05) is 44.7 Å².